The fourth-order valence-electron chi connectivity index (χ4n) is 6.99. The molecule has 0 heterocycles. The Morgan fingerprint density at radius 1 is 1.39 bits per heavy atom. The third-order valence-corrected chi connectivity index (χ3v) is 8.91. The van der Waals surface area contributed by atoms with E-state index in [-0.39, 0.29) is 42.8 Å². The minimum absolute atomic E-state index is 0.150. The fourth-order valence-corrected chi connectivity index (χ4v) is 7.58. The Bertz CT molecular complexity index is 809. The highest BCUT2D eigenvalue weighted by atomic mass is 79.9. The van der Waals surface area contributed by atoms with Crippen molar-refractivity contribution in [3.8, 4) is 0 Å². The molecular formula is C21H26BrFO5. The van der Waals surface area contributed by atoms with Crippen molar-refractivity contribution in [2.75, 3.05) is 6.61 Å². The lowest BCUT2D eigenvalue weighted by molar-refractivity contribution is -0.180. The Kier molecular flexibility index (Phi) is 4.59. The molecule has 4 aliphatic rings. The van der Waals surface area contributed by atoms with Gasteiger partial charge in [0.2, 0.25) is 0 Å². The van der Waals surface area contributed by atoms with Gasteiger partial charge in [0.25, 0.3) is 0 Å². The topological polar surface area (TPSA) is 94.8 Å². The van der Waals surface area contributed by atoms with Crippen LogP contribution in [0.1, 0.15) is 39.5 Å². The molecule has 0 radical (unpaired) electrons. The molecule has 0 saturated heterocycles. The number of hydrogen-bond donors (Lipinski definition) is 3. The number of hydrogen-bond acceptors (Lipinski definition) is 5. The minimum Gasteiger partial charge on any atom is -0.393 e. The molecular weight excluding hydrogens is 431 g/mol. The number of aliphatic hydroxyl groups excluding tert-OH is 2. The number of alkyl halides is 1. The first-order valence-corrected chi connectivity index (χ1v) is 10.6. The number of carbonyl (C=O) groups is 2. The average Bonchev–Trinajstić information content (AvgIpc) is 2.88. The van der Waals surface area contributed by atoms with Crippen molar-refractivity contribution in [3.63, 3.8) is 0 Å². The summed E-state index contributed by atoms with van der Waals surface area (Å²) in [6.45, 7) is 2.90. The summed E-state index contributed by atoms with van der Waals surface area (Å²) >= 11 is 3.27. The van der Waals surface area contributed by atoms with Crippen LogP contribution in [0.4, 0.5) is 4.39 Å². The number of aliphatic hydroxyl groups is 3. The molecule has 8 atom stereocenters. The number of Topliss-reactive ketones (excluding diaryl/α,β-unsaturated/α-hetero) is 1. The summed E-state index contributed by atoms with van der Waals surface area (Å²) in [4.78, 5) is 24.5. The first kappa shape index (κ1) is 20.4. The van der Waals surface area contributed by atoms with E-state index in [0.717, 1.165) is 0 Å². The molecule has 154 valence electrons. The van der Waals surface area contributed by atoms with E-state index in [2.05, 4.69) is 15.9 Å². The van der Waals surface area contributed by atoms with Gasteiger partial charge in [-0.25, -0.2) is 4.39 Å². The maximum Gasteiger partial charge on any atom is 0.192 e. The highest BCUT2D eigenvalue weighted by Crippen LogP contribution is 2.67. The maximum absolute atomic E-state index is 15.2. The van der Waals surface area contributed by atoms with E-state index in [4.69, 9.17) is 0 Å². The number of ketones is 2. The average molecular weight is 457 g/mol. The van der Waals surface area contributed by atoms with Crippen LogP contribution in [-0.2, 0) is 9.59 Å². The molecule has 3 fully saturated rings. The third kappa shape index (κ3) is 2.39. The Morgan fingerprint density at radius 2 is 2.07 bits per heavy atom. The smallest absolute Gasteiger partial charge is 0.192 e. The molecule has 0 aromatic carbocycles. The zero-order chi connectivity index (χ0) is 20.6. The van der Waals surface area contributed by atoms with Crippen LogP contribution in [0.3, 0.4) is 0 Å². The maximum atomic E-state index is 15.2. The quantitative estimate of drug-likeness (QED) is 0.592. The molecule has 3 N–H and O–H groups in total. The zero-order valence-corrected chi connectivity index (χ0v) is 17.6. The molecule has 0 aromatic heterocycles. The summed E-state index contributed by atoms with van der Waals surface area (Å²) in [6.07, 6.45) is 1.99. The molecule has 0 bridgehead atoms. The molecule has 28 heavy (non-hydrogen) atoms. The standard InChI is InChI=1S/C21H26BrFO5/c1-19-7-13(22)15(25)6-12(19)14(23)5-10-11-3-4-21(28,17(27)9-24)20(11,2)8-16(26)18(10)19/h6-7,10-11,14,16,18,24,26,28H,3-5,8-9H2,1-2H3/t10-,11-,14?,16?,18+,19-,20-,21-/m0/s1. The largest absolute Gasteiger partial charge is 0.393 e. The molecule has 5 nitrogen and oxygen atoms in total. The second-order valence-corrected chi connectivity index (χ2v) is 10.3. The van der Waals surface area contributed by atoms with E-state index in [1.54, 1.807) is 13.0 Å². The molecule has 2 unspecified atom stereocenters. The van der Waals surface area contributed by atoms with Crippen LogP contribution in [0.15, 0.2) is 22.2 Å². The summed E-state index contributed by atoms with van der Waals surface area (Å²) in [5, 5.41) is 31.7. The van der Waals surface area contributed by atoms with E-state index < -0.39 is 41.1 Å². The van der Waals surface area contributed by atoms with Gasteiger partial charge in [0.15, 0.2) is 11.6 Å². The summed E-state index contributed by atoms with van der Waals surface area (Å²) in [6, 6.07) is 0. The van der Waals surface area contributed by atoms with Crippen molar-refractivity contribution >= 4 is 27.5 Å². The number of rotatable bonds is 2. The third-order valence-electron chi connectivity index (χ3n) is 8.29. The van der Waals surface area contributed by atoms with Gasteiger partial charge in [0, 0.05) is 16.7 Å². The number of halogens is 2. The Balaban J connectivity index is 1.80. The Hall–Kier alpha value is -0.890. The van der Waals surface area contributed by atoms with Crippen LogP contribution < -0.4 is 0 Å². The van der Waals surface area contributed by atoms with Gasteiger partial charge in [0.1, 0.15) is 18.4 Å². The van der Waals surface area contributed by atoms with E-state index in [9.17, 15) is 24.9 Å². The fraction of sp³-hybridized carbons (Fsp3) is 0.714. The van der Waals surface area contributed by atoms with Gasteiger partial charge in [-0.05, 0) is 65.1 Å². The Morgan fingerprint density at radius 3 is 2.71 bits per heavy atom. The van der Waals surface area contributed by atoms with Gasteiger partial charge < -0.3 is 15.3 Å². The number of allylic oxidation sites excluding steroid dienone is 4. The minimum atomic E-state index is -1.71. The van der Waals surface area contributed by atoms with Crippen LogP contribution in [0.2, 0.25) is 0 Å². The first-order valence-electron chi connectivity index (χ1n) is 9.83. The van der Waals surface area contributed by atoms with Crippen molar-refractivity contribution in [1.82, 2.24) is 0 Å². The van der Waals surface area contributed by atoms with E-state index in [1.165, 1.54) is 6.08 Å². The van der Waals surface area contributed by atoms with Crippen molar-refractivity contribution in [1.29, 1.82) is 0 Å². The van der Waals surface area contributed by atoms with Crippen molar-refractivity contribution < 1.29 is 29.3 Å². The van der Waals surface area contributed by atoms with Gasteiger partial charge >= 0.3 is 0 Å². The molecule has 0 amide bonds. The number of fused-ring (bicyclic) bond motifs is 5. The van der Waals surface area contributed by atoms with Gasteiger partial charge in [-0.1, -0.05) is 19.9 Å². The number of carbonyl (C=O) groups excluding carboxylic acids is 2. The highest BCUT2D eigenvalue weighted by Gasteiger charge is 2.69. The molecule has 4 rings (SSSR count). The van der Waals surface area contributed by atoms with Crippen LogP contribution in [0.25, 0.3) is 0 Å². The van der Waals surface area contributed by atoms with E-state index in [1.807, 2.05) is 6.92 Å². The van der Waals surface area contributed by atoms with Crippen LogP contribution in [0.5, 0.6) is 0 Å². The predicted molar refractivity (Wildman–Crippen MR) is 103 cm³/mol. The molecule has 7 heteroatoms. The van der Waals surface area contributed by atoms with Crippen LogP contribution >= 0.6 is 15.9 Å². The van der Waals surface area contributed by atoms with Crippen LogP contribution in [0, 0.1) is 28.6 Å². The molecule has 0 aromatic rings. The van der Waals surface area contributed by atoms with Gasteiger partial charge in [-0.15, -0.1) is 0 Å². The Labute approximate surface area is 171 Å². The summed E-state index contributed by atoms with van der Waals surface area (Å²) in [7, 11) is 0. The van der Waals surface area contributed by atoms with Crippen molar-refractivity contribution in [3.05, 3.63) is 22.2 Å². The second-order valence-electron chi connectivity index (χ2n) is 9.41. The molecule has 0 spiro atoms. The lowest BCUT2D eigenvalue weighted by Gasteiger charge is -2.60. The summed E-state index contributed by atoms with van der Waals surface area (Å²) in [5.74, 6) is -1.60. The zero-order valence-electron chi connectivity index (χ0n) is 16.0. The van der Waals surface area contributed by atoms with E-state index in [0.29, 0.717) is 16.5 Å². The second kappa shape index (κ2) is 6.30. The lowest BCUT2D eigenvalue weighted by Crippen LogP contribution is -2.62. The normalized spacial score (nSPS) is 50.2. The monoisotopic (exact) mass is 456 g/mol. The van der Waals surface area contributed by atoms with Crippen molar-refractivity contribution in [2.24, 2.45) is 28.6 Å². The van der Waals surface area contributed by atoms with Gasteiger partial charge in [-0.3, -0.25) is 9.59 Å². The van der Waals surface area contributed by atoms with Gasteiger partial charge in [0.05, 0.1) is 10.6 Å². The lowest BCUT2D eigenvalue weighted by atomic mass is 9.46. The van der Waals surface area contributed by atoms with Gasteiger partial charge in [-0.2, -0.15) is 0 Å². The summed E-state index contributed by atoms with van der Waals surface area (Å²) < 4.78 is 15.6. The molecule has 3 saturated carbocycles. The predicted octanol–water partition coefficient (Wildman–Crippen LogP) is 2.23. The van der Waals surface area contributed by atoms with Crippen LogP contribution in [-0.4, -0.2) is 51.4 Å². The molecule has 4 aliphatic carbocycles. The van der Waals surface area contributed by atoms with Crippen molar-refractivity contribution in [2.45, 2.75) is 57.4 Å². The molecule has 0 aliphatic heterocycles. The highest BCUT2D eigenvalue weighted by molar-refractivity contribution is 9.12. The summed E-state index contributed by atoms with van der Waals surface area (Å²) in [5.41, 5.74) is -3.03. The SMILES string of the molecule is C[C@]12C=C(Br)C(=O)C=C1C(F)C[C@@H]1[C@@H]2C(O)C[C@@]2(C)[C@H]1CC[C@]2(O)C(=O)CO. The first-order chi connectivity index (χ1) is 13.0. The van der Waals surface area contributed by atoms with E-state index >= 15 is 4.39 Å².